The van der Waals surface area contributed by atoms with Crippen LogP contribution in [0.5, 0.6) is 0 Å². The zero-order valence-corrected chi connectivity index (χ0v) is 41.8. The van der Waals surface area contributed by atoms with Crippen molar-refractivity contribution in [1.82, 2.24) is 0 Å². The van der Waals surface area contributed by atoms with Gasteiger partial charge in [-0.25, -0.2) is 0 Å². The molecule has 0 aromatic rings. The van der Waals surface area contributed by atoms with Gasteiger partial charge < -0.3 is 14.2 Å². The number of hydrogen-bond donors (Lipinski definition) is 0. The first kappa shape index (κ1) is 60.4. The summed E-state index contributed by atoms with van der Waals surface area (Å²) in [6.07, 6.45) is 62.3. The van der Waals surface area contributed by atoms with Crippen molar-refractivity contribution < 1.29 is 28.6 Å². The summed E-state index contributed by atoms with van der Waals surface area (Å²) >= 11 is 0. The normalized spacial score (nSPS) is 12.4. The maximum atomic E-state index is 12.8. The first-order valence-corrected chi connectivity index (χ1v) is 27.1. The lowest BCUT2D eigenvalue weighted by Gasteiger charge is -2.18. The minimum atomic E-state index is -0.778. The summed E-state index contributed by atoms with van der Waals surface area (Å²) in [6.45, 7) is 6.53. The molecule has 0 aliphatic rings. The highest BCUT2D eigenvalue weighted by atomic mass is 16.6. The van der Waals surface area contributed by atoms with Gasteiger partial charge >= 0.3 is 17.9 Å². The van der Waals surface area contributed by atoms with Gasteiger partial charge in [-0.2, -0.15) is 0 Å². The molecule has 1 atom stereocenters. The molecule has 0 heterocycles. The summed E-state index contributed by atoms with van der Waals surface area (Å²) < 4.78 is 16.8. The largest absolute Gasteiger partial charge is 0.462 e. The molecule has 0 spiro atoms. The molecule has 0 bridgehead atoms. The van der Waals surface area contributed by atoms with Crippen LogP contribution in [0.3, 0.4) is 0 Å². The third-order valence-corrected chi connectivity index (χ3v) is 11.8. The Morgan fingerprint density at radius 2 is 0.619 bits per heavy atom. The number of esters is 3. The van der Waals surface area contributed by atoms with Gasteiger partial charge in [0.2, 0.25) is 0 Å². The minimum absolute atomic E-state index is 0.0770. The molecule has 0 aromatic heterocycles. The van der Waals surface area contributed by atoms with Crippen LogP contribution in [0.2, 0.25) is 0 Å². The Hall–Kier alpha value is -2.63. The summed E-state index contributed by atoms with van der Waals surface area (Å²) in [5.74, 6) is -0.885. The van der Waals surface area contributed by atoms with E-state index in [1.54, 1.807) is 0 Å². The zero-order chi connectivity index (χ0) is 45.8. The maximum absolute atomic E-state index is 12.8. The van der Waals surface area contributed by atoms with Crippen LogP contribution in [0.15, 0.2) is 48.6 Å². The highest BCUT2D eigenvalue weighted by Gasteiger charge is 2.19. The molecule has 63 heavy (non-hydrogen) atoms. The SMILES string of the molecule is CC/C=C\C/C=C\C/C=C\CCCCCCCCCC(=O)OCC(COC(=O)CCCCCCCCCCCCCC)OC(=O)CCCCCCC/C=C\CCCCCCCCC. The smallest absolute Gasteiger partial charge is 0.306 e. The molecule has 1 unspecified atom stereocenters. The molecule has 366 valence electrons. The average molecular weight is 883 g/mol. The fourth-order valence-corrected chi connectivity index (χ4v) is 7.75. The highest BCUT2D eigenvalue weighted by molar-refractivity contribution is 5.71. The molecule has 0 aliphatic carbocycles. The number of carbonyl (C=O) groups excluding carboxylic acids is 3. The molecule has 0 radical (unpaired) electrons. The third-order valence-electron chi connectivity index (χ3n) is 11.8. The van der Waals surface area contributed by atoms with E-state index >= 15 is 0 Å². The van der Waals surface area contributed by atoms with Gasteiger partial charge in [-0.1, -0.05) is 230 Å². The fraction of sp³-hybridized carbons (Fsp3) is 0.807. The highest BCUT2D eigenvalue weighted by Crippen LogP contribution is 2.15. The molecular formula is C57H102O6. The molecule has 0 aromatic carbocycles. The average Bonchev–Trinajstić information content (AvgIpc) is 3.28. The summed E-state index contributed by atoms with van der Waals surface area (Å²) in [5, 5.41) is 0. The van der Waals surface area contributed by atoms with Crippen LogP contribution >= 0.6 is 0 Å². The Labute approximate surface area is 390 Å². The molecule has 0 N–H and O–H groups in total. The van der Waals surface area contributed by atoms with Crippen LogP contribution in [0.4, 0.5) is 0 Å². The molecule has 0 aliphatic heterocycles. The number of ether oxygens (including phenoxy) is 3. The van der Waals surface area contributed by atoms with Crippen molar-refractivity contribution in [1.29, 1.82) is 0 Å². The Morgan fingerprint density at radius 1 is 0.333 bits per heavy atom. The molecule has 6 heteroatoms. The first-order valence-electron chi connectivity index (χ1n) is 27.1. The molecule has 0 amide bonds. The van der Waals surface area contributed by atoms with Crippen molar-refractivity contribution in [2.24, 2.45) is 0 Å². The zero-order valence-electron chi connectivity index (χ0n) is 41.8. The predicted octanol–water partition coefficient (Wildman–Crippen LogP) is 17.9. The van der Waals surface area contributed by atoms with Gasteiger partial charge in [0, 0.05) is 19.3 Å². The van der Waals surface area contributed by atoms with E-state index in [9.17, 15) is 14.4 Å². The Bertz CT molecular complexity index is 1110. The number of rotatable bonds is 49. The van der Waals surface area contributed by atoms with Gasteiger partial charge in [0.25, 0.3) is 0 Å². The summed E-state index contributed by atoms with van der Waals surface area (Å²) in [4.78, 5) is 38.0. The number of hydrogen-bond acceptors (Lipinski definition) is 6. The van der Waals surface area contributed by atoms with Gasteiger partial charge in [0.05, 0.1) is 0 Å². The molecule has 0 rings (SSSR count). The molecule has 6 nitrogen and oxygen atoms in total. The van der Waals surface area contributed by atoms with E-state index in [1.807, 2.05) is 0 Å². The van der Waals surface area contributed by atoms with E-state index in [0.717, 1.165) is 89.9 Å². The minimum Gasteiger partial charge on any atom is -0.462 e. The van der Waals surface area contributed by atoms with E-state index in [-0.39, 0.29) is 31.1 Å². The molecule has 0 fully saturated rings. The van der Waals surface area contributed by atoms with Crippen molar-refractivity contribution in [3.8, 4) is 0 Å². The first-order chi connectivity index (χ1) is 31.0. The van der Waals surface area contributed by atoms with Crippen molar-refractivity contribution in [3.05, 3.63) is 48.6 Å². The van der Waals surface area contributed by atoms with Gasteiger partial charge in [0.1, 0.15) is 13.2 Å². The van der Waals surface area contributed by atoms with Crippen LogP contribution in [-0.2, 0) is 28.6 Å². The van der Waals surface area contributed by atoms with Crippen molar-refractivity contribution in [2.75, 3.05) is 13.2 Å². The third kappa shape index (κ3) is 50.2. The number of allylic oxidation sites excluding steroid dienone is 8. The molecule has 0 saturated heterocycles. The van der Waals surface area contributed by atoms with Crippen LogP contribution in [0.25, 0.3) is 0 Å². The topological polar surface area (TPSA) is 78.9 Å². The molecule has 0 saturated carbocycles. The number of carbonyl (C=O) groups is 3. The van der Waals surface area contributed by atoms with Crippen molar-refractivity contribution >= 4 is 17.9 Å². The van der Waals surface area contributed by atoms with Gasteiger partial charge in [-0.3, -0.25) is 14.4 Å². The summed E-state index contributed by atoms with van der Waals surface area (Å²) in [5.41, 5.74) is 0. The van der Waals surface area contributed by atoms with Crippen molar-refractivity contribution in [2.45, 2.75) is 284 Å². The second kappa shape index (κ2) is 52.0. The van der Waals surface area contributed by atoms with Crippen LogP contribution in [0.1, 0.15) is 278 Å². The van der Waals surface area contributed by atoms with Crippen LogP contribution in [-0.4, -0.2) is 37.2 Å². The maximum Gasteiger partial charge on any atom is 0.306 e. The lowest BCUT2D eigenvalue weighted by atomic mass is 10.0. The Kier molecular flexibility index (Phi) is 49.8. The molecular weight excluding hydrogens is 781 g/mol. The van der Waals surface area contributed by atoms with Crippen molar-refractivity contribution in [3.63, 3.8) is 0 Å². The van der Waals surface area contributed by atoms with Crippen LogP contribution in [0, 0.1) is 0 Å². The second-order valence-electron chi connectivity index (χ2n) is 18.1. The van der Waals surface area contributed by atoms with E-state index in [2.05, 4.69) is 69.4 Å². The lowest BCUT2D eigenvalue weighted by molar-refractivity contribution is -0.167. The lowest BCUT2D eigenvalue weighted by Crippen LogP contribution is -2.30. The van der Waals surface area contributed by atoms with Gasteiger partial charge in [-0.05, 0) is 77.0 Å². The summed E-state index contributed by atoms with van der Waals surface area (Å²) in [6, 6.07) is 0. The Balaban J connectivity index is 4.37. The van der Waals surface area contributed by atoms with E-state index in [4.69, 9.17) is 14.2 Å². The van der Waals surface area contributed by atoms with Gasteiger partial charge in [0.15, 0.2) is 6.10 Å². The van der Waals surface area contributed by atoms with E-state index in [1.165, 1.54) is 148 Å². The number of unbranched alkanes of at least 4 members (excludes halogenated alkanes) is 30. The fourth-order valence-electron chi connectivity index (χ4n) is 7.75. The van der Waals surface area contributed by atoms with Crippen LogP contribution < -0.4 is 0 Å². The predicted molar refractivity (Wildman–Crippen MR) is 270 cm³/mol. The van der Waals surface area contributed by atoms with E-state index in [0.29, 0.717) is 19.3 Å². The second-order valence-corrected chi connectivity index (χ2v) is 18.1. The Morgan fingerprint density at radius 3 is 0.984 bits per heavy atom. The summed E-state index contributed by atoms with van der Waals surface area (Å²) in [7, 11) is 0. The van der Waals surface area contributed by atoms with Gasteiger partial charge in [-0.15, -0.1) is 0 Å². The van der Waals surface area contributed by atoms with E-state index < -0.39 is 6.10 Å². The quantitative estimate of drug-likeness (QED) is 0.0262. The monoisotopic (exact) mass is 883 g/mol. The standard InChI is InChI=1S/C57H102O6/c1-4-7-10-13-16-19-22-25-27-29-31-32-35-38-41-44-47-50-56(59)62-53-54(52-61-55(58)49-46-43-40-37-34-24-21-18-15-12-9-6-3)63-57(60)51-48-45-42-39-36-33-30-28-26-23-20-17-14-11-8-5-2/h7,10,16,19,25,27-28,30,54H,4-6,8-9,11-15,17-18,20-24,26,29,31-53H2,1-3H3/b10-7-,19-16-,27-25-,30-28-.